The van der Waals surface area contributed by atoms with Crippen LogP contribution in [0.5, 0.6) is 0 Å². The van der Waals surface area contributed by atoms with Crippen molar-refractivity contribution in [1.82, 2.24) is 0 Å². The van der Waals surface area contributed by atoms with E-state index in [1.165, 1.54) is 0 Å². The van der Waals surface area contributed by atoms with Gasteiger partial charge in [0.05, 0.1) is 0 Å². The Kier molecular flexibility index (Phi) is 138. The average molecular weight is 222 g/mol. The van der Waals surface area contributed by atoms with E-state index in [0.717, 1.165) is 0 Å². The van der Waals surface area contributed by atoms with Crippen LogP contribution in [0, 0.1) is 6.92 Å². The van der Waals surface area contributed by atoms with Crippen LogP contribution in [0.2, 0.25) is 0 Å². The van der Waals surface area contributed by atoms with E-state index in [2.05, 4.69) is 6.92 Å². The summed E-state index contributed by atoms with van der Waals surface area (Å²) < 4.78 is 0. The summed E-state index contributed by atoms with van der Waals surface area (Å²) in [7, 11) is 0. The zero-order valence-electron chi connectivity index (χ0n) is 4.70. The molecule has 0 radical (unpaired) electrons. The Labute approximate surface area is 99.5 Å². The van der Waals surface area contributed by atoms with Crippen molar-refractivity contribution < 1.29 is 34.5 Å². The van der Waals surface area contributed by atoms with Crippen LogP contribution in [0.15, 0.2) is 0 Å². The van der Waals surface area contributed by atoms with Gasteiger partial charge >= 0.3 is 46.1 Å². The van der Waals surface area contributed by atoms with Gasteiger partial charge in [-0.25, -0.2) is 0 Å². The van der Waals surface area contributed by atoms with Gasteiger partial charge in [0.15, 0.2) is 0 Å². The molecule has 0 N–H and O–H groups in total. The first-order valence-electron chi connectivity index (χ1n) is 1.29. The number of hydrogen-bond acceptors (Lipinski definition) is 1. The van der Waals surface area contributed by atoms with Gasteiger partial charge in [0, 0.05) is 0 Å². The molecule has 42 valence electrons. The SMILES string of the molecule is [Br-].[CH2-]CC[O-].[Cl-].[Mg+2].[Mg+2]. The molecule has 0 unspecified atom stereocenters. The molecular formula is C3H6BrClMg2O. The molecule has 0 aromatic heterocycles. The zero-order valence-corrected chi connectivity index (χ0v) is 9.87. The average Bonchev–Trinajstić information content (AvgIpc) is 1.37. The Balaban J connectivity index is -0.00000000750. The molecule has 1 nitrogen and oxygen atoms in total. The van der Waals surface area contributed by atoms with Gasteiger partial charge in [0.2, 0.25) is 0 Å². The van der Waals surface area contributed by atoms with Crippen LogP contribution in [-0.2, 0) is 0 Å². The van der Waals surface area contributed by atoms with E-state index in [1.54, 1.807) is 0 Å². The van der Waals surface area contributed by atoms with Crippen LogP contribution in [0.4, 0.5) is 0 Å². The Morgan fingerprint density at radius 2 is 1.38 bits per heavy atom. The molecule has 8 heavy (non-hydrogen) atoms. The maximum Gasteiger partial charge on any atom is 2.00 e. The van der Waals surface area contributed by atoms with Gasteiger partial charge in [-0.3, -0.25) is 0 Å². The Hall–Kier alpha value is 2.26. The molecule has 0 bridgehead atoms. The van der Waals surface area contributed by atoms with Gasteiger partial charge in [0.1, 0.15) is 0 Å². The molecule has 0 aliphatic heterocycles. The first-order chi connectivity index (χ1) is 1.91. The molecule has 0 atom stereocenters. The van der Waals surface area contributed by atoms with Crippen LogP contribution < -0.4 is 34.5 Å². The zero-order chi connectivity index (χ0) is 3.41. The summed E-state index contributed by atoms with van der Waals surface area (Å²) >= 11 is 0. The standard InChI is InChI=1S/C3H6O.BrH.ClH.2Mg/c1-2-3-4;;;;/h1-3H2;2*1H;;/q-2;;;2*+2/p-2. The van der Waals surface area contributed by atoms with E-state index >= 15 is 0 Å². The maximum absolute atomic E-state index is 9.24. The Morgan fingerprint density at radius 3 is 1.38 bits per heavy atom. The molecule has 0 aliphatic carbocycles. The van der Waals surface area contributed by atoms with E-state index in [1.807, 2.05) is 0 Å². The summed E-state index contributed by atoms with van der Waals surface area (Å²) in [5.74, 6) is 0. The van der Waals surface area contributed by atoms with Crippen LogP contribution in [-0.4, -0.2) is 52.7 Å². The Morgan fingerprint density at radius 1 is 1.25 bits per heavy atom. The van der Waals surface area contributed by atoms with Crippen molar-refractivity contribution in [3.8, 4) is 0 Å². The monoisotopic (exact) mass is 220 g/mol. The molecule has 5 heteroatoms. The molecule has 0 aliphatic rings. The topological polar surface area (TPSA) is 23.1 Å². The van der Waals surface area contributed by atoms with Crippen molar-refractivity contribution in [1.29, 1.82) is 0 Å². The molecule has 0 rings (SSSR count). The van der Waals surface area contributed by atoms with E-state index in [-0.39, 0.29) is 82.1 Å². The molecule has 0 saturated heterocycles. The molecule has 0 saturated carbocycles. The van der Waals surface area contributed by atoms with Crippen molar-refractivity contribution >= 4 is 46.1 Å². The first-order valence-corrected chi connectivity index (χ1v) is 1.29. The number of hydrogen-bond donors (Lipinski definition) is 0. The van der Waals surface area contributed by atoms with Crippen LogP contribution in [0.25, 0.3) is 0 Å². The second kappa shape index (κ2) is 34.8. The first kappa shape index (κ1) is 31.8. The summed E-state index contributed by atoms with van der Waals surface area (Å²) in [5, 5.41) is 9.24. The molecule has 0 spiro atoms. The quantitative estimate of drug-likeness (QED) is 0.319. The van der Waals surface area contributed by atoms with Gasteiger partial charge in [-0.15, -0.1) is 0 Å². The van der Waals surface area contributed by atoms with Gasteiger partial charge in [-0.2, -0.15) is 13.0 Å². The third-order valence-electron chi connectivity index (χ3n) is 0.144. The summed E-state index contributed by atoms with van der Waals surface area (Å²) in [6, 6.07) is 0. The predicted octanol–water partition coefficient (Wildman–Crippen LogP) is -7.18. The molecule has 0 aromatic rings. The largest absolute Gasteiger partial charge is 2.00 e. The van der Waals surface area contributed by atoms with Crippen LogP contribution in [0.3, 0.4) is 0 Å². The van der Waals surface area contributed by atoms with Crippen LogP contribution >= 0.6 is 0 Å². The van der Waals surface area contributed by atoms with Crippen molar-refractivity contribution in [3.63, 3.8) is 0 Å². The van der Waals surface area contributed by atoms with Crippen molar-refractivity contribution in [2.24, 2.45) is 0 Å². The van der Waals surface area contributed by atoms with Gasteiger partial charge < -0.3 is 41.4 Å². The van der Waals surface area contributed by atoms with Crippen molar-refractivity contribution in [2.75, 3.05) is 6.61 Å². The molecule has 0 aromatic carbocycles. The minimum absolute atomic E-state index is 0. The van der Waals surface area contributed by atoms with Crippen molar-refractivity contribution in [3.05, 3.63) is 6.92 Å². The molecule has 0 fully saturated rings. The normalized spacial score (nSPS) is 3.75. The van der Waals surface area contributed by atoms with Crippen molar-refractivity contribution in [2.45, 2.75) is 6.42 Å². The number of rotatable bonds is 1. The van der Waals surface area contributed by atoms with E-state index < -0.39 is 0 Å². The summed E-state index contributed by atoms with van der Waals surface area (Å²) in [4.78, 5) is 0. The third-order valence-corrected chi connectivity index (χ3v) is 0.144. The van der Waals surface area contributed by atoms with Gasteiger partial charge in [-0.05, 0) is 0 Å². The fraction of sp³-hybridized carbons (Fsp3) is 0.667. The van der Waals surface area contributed by atoms with Crippen LogP contribution in [0.1, 0.15) is 6.42 Å². The summed E-state index contributed by atoms with van der Waals surface area (Å²) in [6.45, 7) is 3.25. The molecule has 0 heterocycles. The Bertz CT molecular complexity index is 19.2. The second-order valence-corrected chi connectivity index (χ2v) is 0.558. The number of halogens is 2. The summed E-state index contributed by atoms with van der Waals surface area (Å²) in [6.07, 6.45) is 0.514. The fourth-order valence-electron chi connectivity index (χ4n) is 0. The third kappa shape index (κ3) is 40.9. The van der Waals surface area contributed by atoms with Gasteiger partial charge in [0.25, 0.3) is 0 Å². The summed E-state index contributed by atoms with van der Waals surface area (Å²) in [5.41, 5.74) is 0. The molecule has 0 amide bonds. The minimum Gasteiger partial charge on any atom is -1.00 e. The smallest absolute Gasteiger partial charge is 1.00 e. The second-order valence-electron chi connectivity index (χ2n) is 0.558. The van der Waals surface area contributed by atoms with Gasteiger partial charge in [-0.1, -0.05) is 0 Å². The minimum atomic E-state index is -0.0417. The van der Waals surface area contributed by atoms with E-state index in [0.29, 0.717) is 6.42 Å². The fourth-order valence-corrected chi connectivity index (χ4v) is 0. The molecular weight excluding hydrogens is 216 g/mol. The predicted molar refractivity (Wildman–Crippen MR) is 26.3 cm³/mol. The van der Waals surface area contributed by atoms with E-state index in [4.69, 9.17) is 0 Å². The van der Waals surface area contributed by atoms with E-state index in [9.17, 15) is 5.11 Å². The maximum atomic E-state index is 9.24.